The highest BCUT2D eigenvalue weighted by Gasteiger charge is 1.87. The number of rotatable bonds is 5. The highest BCUT2D eigenvalue weighted by molar-refractivity contribution is 5.24. The van der Waals surface area contributed by atoms with E-state index in [1.165, 1.54) is 0 Å². The molecule has 0 unspecified atom stereocenters. The Kier molecular flexibility index (Phi) is 6.21. The summed E-state index contributed by atoms with van der Waals surface area (Å²) in [6.45, 7) is 13.5. The second-order valence-corrected chi connectivity index (χ2v) is 3.22. The minimum absolute atomic E-state index is 1.08. The first kappa shape index (κ1) is 12.5. The van der Waals surface area contributed by atoms with Crippen molar-refractivity contribution in [3.8, 4) is 0 Å². The van der Waals surface area contributed by atoms with Crippen LogP contribution >= 0.6 is 0 Å². The predicted octanol–water partition coefficient (Wildman–Crippen LogP) is 3.70. The first-order valence-corrected chi connectivity index (χ1v) is 4.63. The Bertz CT molecular complexity index is 290. The summed E-state index contributed by atoms with van der Waals surface area (Å²) < 4.78 is 0. The van der Waals surface area contributed by atoms with Gasteiger partial charge in [0, 0.05) is 11.9 Å². The molecule has 0 rings (SSSR count). The van der Waals surface area contributed by atoms with Crippen LogP contribution in [-0.4, -0.2) is 0 Å². The lowest BCUT2D eigenvalue weighted by molar-refractivity contribution is 1.04. The molecule has 0 aromatic heterocycles. The van der Waals surface area contributed by atoms with Crippen LogP contribution in [0, 0.1) is 0 Å². The Hall–Kier alpha value is -1.50. The van der Waals surface area contributed by atoms with Gasteiger partial charge in [-0.3, -0.25) is 0 Å². The Labute approximate surface area is 87.2 Å². The molecule has 0 fully saturated rings. The van der Waals surface area contributed by atoms with E-state index in [9.17, 15) is 0 Å². The summed E-state index contributed by atoms with van der Waals surface area (Å²) in [5.41, 5.74) is 3.32. The smallest absolute Gasteiger partial charge is 0.0115 e. The predicted molar refractivity (Wildman–Crippen MR) is 64.8 cm³/mol. The fraction of sp³-hybridized carbons (Fsp3) is 0.231. The topological polar surface area (TPSA) is 12.0 Å². The molecule has 0 aromatic rings. The van der Waals surface area contributed by atoms with Crippen LogP contribution in [0.4, 0.5) is 0 Å². The minimum Gasteiger partial charge on any atom is -0.365 e. The summed E-state index contributed by atoms with van der Waals surface area (Å²) >= 11 is 0. The van der Waals surface area contributed by atoms with E-state index in [1.54, 1.807) is 6.08 Å². The molecular formula is C13H19N. The van der Waals surface area contributed by atoms with Gasteiger partial charge in [-0.1, -0.05) is 37.0 Å². The van der Waals surface area contributed by atoms with E-state index in [0.717, 1.165) is 16.8 Å². The molecule has 1 N–H and O–H groups in total. The number of allylic oxidation sites excluding steroid dienone is 7. The van der Waals surface area contributed by atoms with Crippen LogP contribution in [0.5, 0.6) is 0 Å². The maximum absolute atomic E-state index is 3.85. The second kappa shape index (κ2) is 6.96. The fourth-order valence-electron chi connectivity index (χ4n) is 0.672. The molecule has 0 amide bonds. The van der Waals surface area contributed by atoms with E-state index in [-0.39, 0.29) is 0 Å². The summed E-state index contributed by atoms with van der Waals surface area (Å²) in [6.07, 6.45) is 9.53. The van der Waals surface area contributed by atoms with Gasteiger partial charge in [0.1, 0.15) is 0 Å². The van der Waals surface area contributed by atoms with Crippen LogP contribution in [0.15, 0.2) is 60.5 Å². The van der Waals surface area contributed by atoms with Crippen molar-refractivity contribution in [1.82, 2.24) is 5.32 Å². The summed E-state index contributed by atoms with van der Waals surface area (Å²) in [7, 11) is 0. The van der Waals surface area contributed by atoms with Crippen molar-refractivity contribution in [3.63, 3.8) is 0 Å². The molecule has 0 aliphatic carbocycles. The van der Waals surface area contributed by atoms with Crippen LogP contribution in [-0.2, 0) is 0 Å². The van der Waals surface area contributed by atoms with Gasteiger partial charge in [0.15, 0.2) is 0 Å². The van der Waals surface area contributed by atoms with Crippen molar-refractivity contribution in [2.45, 2.75) is 20.8 Å². The third kappa shape index (κ3) is 6.06. The largest absolute Gasteiger partial charge is 0.365 e. The van der Waals surface area contributed by atoms with Gasteiger partial charge in [0.2, 0.25) is 0 Å². The van der Waals surface area contributed by atoms with E-state index in [0.29, 0.717) is 0 Å². The maximum Gasteiger partial charge on any atom is 0.0115 e. The number of hydrogen-bond donors (Lipinski definition) is 1. The summed E-state index contributed by atoms with van der Waals surface area (Å²) in [5.74, 6) is 0. The zero-order valence-corrected chi connectivity index (χ0v) is 9.30. The van der Waals surface area contributed by atoms with Crippen LogP contribution in [0.1, 0.15) is 20.8 Å². The molecule has 0 aromatic carbocycles. The highest BCUT2D eigenvalue weighted by atomic mass is 14.8. The van der Waals surface area contributed by atoms with Crippen molar-refractivity contribution in [1.29, 1.82) is 0 Å². The van der Waals surface area contributed by atoms with Crippen LogP contribution in [0.3, 0.4) is 0 Å². The number of nitrogens with one attached hydrogen (secondary N) is 1. The molecule has 0 saturated carbocycles. The van der Waals surface area contributed by atoms with Gasteiger partial charge >= 0.3 is 0 Å². The van der Waals surface area contributed by atoms with Crippen molar-refractivity contribution in [3.05, 3.63) is 60.5 Å². The van der Waals surface area contributed by atoms with Crippen molar-refractivity contribution in [2.24, 2.45) is 0 Å². The molecule has 76 valence electrons. The average Bonchev–Trinajstić information content (AvgIpc) is 2.14. The molecule has 1 nitrogen and oxygen atoms in total. The summed E-state index contributed by atoms with van der Waals surface area (Å²) in [4.78, 5) is 0. The Morgan fingerprint density at radius 1 is 1.14 bits per heavy atom. The third-order valence-electron chi connectivity index (χ3n) is 1.78. The lowest BCUT2D eigenvalue weighted by atomic mass is 10.2. The third-order valence-corrected chi connectivity index (χ3v) is 1.78. The minimum atomic E-state index is 1.08. The van der Waals surface area contributed by atoms with Gasteiger partial charge in [-0.05, 0) is 32.4 Å². The monoisotopic (exact) mass is 189 g/mol. The van der Waals surface area contributed by atoms with Crippen LogP contribution in [0.2, 0.25) is 0 Å². The molecule has 0 spiro atoms. The van der Waals surface area contributed by atoms with Crippen LogP contribution < -0.4 is 5.32 Å². The molecular weight excluding hydrogens is 170 g/mol. The molecule has 0 aliphatic rings. The molecule has 0 atom stereocenters. The summed E-state index contributed by atoms with van der Waals surface area (Å²) in [6, 6.07) is 0. The first-order chi connectivity index (χ1) is 6.57. The SMILES string of the molecule is C=C/C=C\C=C(/C)N/C=C(\C)C(=C)C. The van der Waals surface area contributed by atoms with Gasteiger partial charge in [0.05, 0.1) is 0 Å². The molecule has 0 radical (unpaired) electrons. The highest BCUT2D eigenvalue weighted by Crippen LogP contribution is 2.03. The lowest BCUT2D eigenvalue weighted by Crippen LogP contribution is -2.01. The Balaban J connectivity index is 4.19. The average molecular weight is 189 g/mol. The van der Waals surface area contributed by atoms with E-state index >= 15 is 0 Å². The molecule has 0 heterocycles. The van der Waals surface area contributed by atoms with Crippen molar-refractivity contribution < 1.29 is 0 Å². The quantitative estimate of drug-likeness (QED) is 0.650. The first-order valence-electron chi connectivity index (χ1n) is 4.63. The van der Waals surface area contributed by atoms with Gasteiger partial charge in [-0.15, -0.1) is 0 Å². The van der Waals surface area contributed by atoms with Crippen molar-refractivity contribution in [2.75, 3.05) is 0 Å². The van der Waals surface area contributed by atoms with E-state index in [2.05, 4.69) is 18.5 Å². The molecule has 0 aliphatic heterocycles. The lowest BCUT2D eigenvalue weighted by Gasteiger charge is -2.02. The Morgan fingerprint density at radius 2 is 1.79 bits per heavy atom. The van der Waals surface area contributed by atoms with E-state index in [1.807, 2.05) is 45.2 Å². The normalized spacial score (nSPS) is 13.1. The fourth-order valence-corrected chi connectivity index (χ4v) is 0.672. The zero-order valence-electron chi connectivity index (χ0n) is 9.30. The van der Waals surface area contributed by atoms with Crippen LogP contribution in [0.25, 0.3) is 0 Å². The maximum atomic E-state index is 3.85. The van der Waals surface area contributed by atoms with E-state index < -0.39 is 0 Å². The van der Waals surface area contributed by atoms with Crippen molar-refractivity contribution >= 4 is 0 Å². The summed E-state index contributed by atoms with van der Waals surface area (Å²) in [5, 5.41) is 3.18. The van der Waals surface area contributed by atoms with Gasteiger partial charge in [-0.2, -0.15) is 0 Å². The molecule has 1 heteroatoms. The zero-order chi connectivity index (χ0) is 11.0. The molecule has 0 bridgehead atoms. The molecule has 14 heavy (non-hydrogen) atoms. The van der Waals surface area contributed by atoms with Gasteiger partial charge in [0.25, 0.3) is 0 Å². The van der Waals surface area contributed by atoms with Gasteiger partial charge < -0.3 is 5.32 Å². The van der Waals surface area contributed by atoms with Gasteiger partial charge in [-0.25, -0.2) is 0 Å². The van der Waals surface area contributed by atoms with E-state index in [4.69, 9.17) is 0 Å². The molecule has 0 saturated heterocycles. The second-order valence-electron chi connectivity index (χ2n) is 3.22. The number of hydrogen-bond acceptors (Lipinski definition) is 1. The standard InChI is InChI=1S/C13H19N/c1-6-7-8-9-13(5)14-10-12(4)11(2)3/h6-10,14H,1-2H2,3-5H3/b8-7-,12-10+,13-9+. The Morgan fingerprint density at radius 3 is 2.29 bits per heavy atom.